The molecule has 0 radical (unpaired) electrons. The third-order valence-electron chi connectivity index (χ3n) is 3.79. The first-order valence-corrected chi connectivity index (χ1v) is 7.30. The quantitative estimate of drug-likeness (QED) is 0.664. The molecule has 0 aliphatic carbocycles. The van der Waals surface area contributed by atoms with Gasteiger partial charge < -0.3 is 15.2 Å². The molecule has 1 aromatic carbocycles. The van der Waals surface area contributed by atoms with Crippen molar-refractivity contribution in [3.05, 3.63) is 29.8 Å². The van der Waals surface area contributed by atoms with E-state index in [4.69, 9.17) is 15.2 Å². The molecule has 0 amide bonds. The van der Waals surface area contributed by atoms with E-state index in [0.717, 1.165) is 38.0 Å². The van der Waals surface area contributed by atoms with Crippen molar-refractivity contribution in [2.75, 3.05) is 25.6 Å². The lowest BCUT2D eigenvalue weighted by Crippen LogP contribution is -2.23. The van der Waals surface area contributed by atoms with Crippen LogP contribution < -0.4 is 5.73 Å². The maximum absolute atomic E-state index is 12.2. The maximum Gasteiger partial charge on any atom is 0.313 e. The summed E-state index contributed by atoms with van der Waals surface area (Å²) in [6.45, 7) is 3.82. The summed E-state index contributed by atoms with van der Waals surface area (Å²) in [5, 5.41) is 0. The molecule has 1 aliphatic heterocycles. The summed E-state index contributed by atoms with van der Waals surface area (Å²) in [6, 6.07) is 7.55. The SMILES string of the molecule is CCOC(=O)C(CC1CCOCC1)c1cccc(N)c1. The zero-order chi connectivity index (χ0) is 14.4. The fraction of sp³-hybridized carbons (Fsp3) is 0.562. The lowest BCUT2D eigenvalue weighted by atomic mass is 9.85. The van der Waals surface area contributed by atoms with Crippen molar-refractivity contribution in [1.82, 2.24) is 0 Å². The van der Waals surface area contributed by atoms with Crippen LogP contribution in [0.25, 0.3) is 0 Å². The summed E-state index contributed by atoms with van der Waals surface area (Å²) >= 11 is 0. The van der Waals surface area contributed by atoms with Crippen LogP contribution in [0.5, 0.6) is 0 Å². The van der Waals surface area contributed by atoms with Gasteiger partial charge >= 0.3 is 5.97 Å². The molecule has 1 saturated heterocycles. The van der Waals surface area contributed by atoms with E-state index < -0.39 is 0 Å². The van der Waals surface area contributed by atoms with Crippen molar-refractivity contribution >= 4 is 11.7 Å². The van der Waals surface area contributed by atoms with Crippen LogP contribution in [0, 0.1) is 5.92 Å². The van der Waals surface area contributed by atoms with Gasteiger partial charge in [0.05, 0.1) is 12.5 Å². The molecule has 1 unspecified atom stereocenters. The molecule has 1 aromatic rings. The van der Waals surface area contributed by atoms with Crippen LogP contribution in [0.2, 0.25) is 0 Å². The first-order valence-electron chi connectivity index (χ1n) is 7.30. The van der Waals surface area contributed by atoms with Crippen molar-refractivity contribution in [2.45, 2.75) is 32.1 Å². The van der Waals surface area contributed by atoms with Crippen LogP contribution in [-0.4, -0.2) is 25.8 Å². The van der Waals surface area contributed by atoms with E-state index in [1.165, 1.54) is 0 Å². The van der Waals surface area contributed by atoms with E-state index in [0.29, 0.717) is 18.2 Å². The number of anilines is 1. The third kappa shape index (κ3) is 3.97. The summed E-state index contributed by atoms with van der Waals surface area (Å²) in [7, 11) is 0. The number of hydrogen-bond donors (Lipinski definition) is 1. The second-order valence-corrected chi connectivity index (χ2v) is 5.27. The first kappa shape index (κ1) is 14.9. The maximum atomic E-state index is 12.2. The van der Waals surface area contributed by atoms with Crippen LogP contribution in [0.4, 0.5) is 5.69 Å². The molecular weight excluding hydrogens is 254 g/mol. The van der Waals surface area contributed by atoms with Gasteiger partial charge in [0.15, 0.2) is 0 Å². The van der Waals surface area contributed by atoms with Crippen LogP contribution in [0.15, 0.2) is 24.3 Å². The van der Waals surface area contributed by atoms with Crippen molar-refractivity contribution in [3.63, 3.8) is 0 Å². The summed E-state index contributed by atoms with van der Waals surface area (Å²) in [5.41, 5.74) is 7.47. The number of rotatable bonds is 5. The molecule has 20 heavy (non-hydrogen) atoms. The van der Waals surface area contributed by atoms with Crippen LogP contribution in [0.3, 0.4) is 0 Å². The molecule has 0 saturated carbocycles. The Morgan fingerprint density at radius 2 is 2.20 bits per heavy atom. The molecule has 4 heteroatoms. The van der Waals surface area contributed by atoms with Gasteiger partial charge in [-0.25, -0.2) is 0 Å². The third-order valence-corrected chi connectivity index (χ3v) is 3.79. The van der Waals surface area contributed by atoms with Gasteiger partial charge in [0, 0.05) is 18.9 Å². The molecule has 1 aliphatic rings. The topological polar surface area (TPSA) is 61.5 Å². The monoisotopic (exact) mass is 277 g/mol. The summed E-state index contributed by atoms with van der Waals surface area (Å²) in [4.78, 5) is 12.2. The van der Waals surface area contributed by atoms with Gasteiger partial charge in [-0.05, 0) is 49.8 Å². The molecular formula is C16H23NO3. The van der Waals surface area contributed by atoms with Gasteiger partial charge in [-0.3, -0.25) is 4.79 Å². The normalized spacial score (nSPS) is 17.6. The molecule has 1 fully saturated rings. The standard InChI is InChI=1S/C16H23NO3/c1-2-20-16(18)15(10-12-6-8-19-9-7-12)13-4-3-5-14(17)11-13/h3-5,11-12,15H,2,6-10,17H2,1H3. The zero-order valence-corrected chi connectivity index (χ0v) is 12.0. The predicted molar refractivity (Wildman–Crippen MR) is 78.4 cm³/mol. The van der Waals surface area contributed by atoms with Crippen molar-refractivity contribution in [2.24, 2.45) is 5.92 Å². The smallest absolute Gasteiger partial charge is 0.313 e. The minimum atomic E-state index is -0.221. The summed E-state index contributed by atoms with van der Waals surface area (Å²) < 4.78 is 10.6. The Morgan fingerprint density at radius 3 is 2.85 bits per heavy atom. The molecule has 1 heterocycles. The van der Waals surface area contributed by atoms with Gasteiger partial charge in [0.2, 0.25) is 0 Å². The number of ether oxygens (including phenoxy) is 2. The fourth-order valence-corrected chi connectivity index (χ4v) is 2.70. The largest absolute Gasteiger partial charge is 0.466 e. The van der Waals surface area contributed by atoms with Gasteiger partial charge in [-0.1, -0.05) is 12.1 Å². The average molecular weight is 277 g/mol. The van der Waals surface area contributed by atoms with Crippen LogP contribution in [0.1, 0.15) is 37.7 Å². The van der Waals surface area contributed by atoms with Gasteiger partial charge in [-0.15, -0.1) is 0 Å². The Kier molecular flexibility index (Phi) is 5.41. The number of esters is 1. The number of benzene rings is 1. The second kappa shape index (κ2) is 7.29. The molecule has 0 spiro atoms. The Labute approximate surface area is 120 Å². The van der Waals surface area contributed by atoms with E-state index in [1.54, 1.807) is 0 Å². The van der Waals surface area contributed by atoms with Gasteiger partial charge in [0.25, 0.3) is 0 Å². The van der Waals surface area contributed by atoms with Crippen molar-refractivity contribution in [1.29, 1.82) is 0 Å². The predicted octanol–water partition coefficient (Wildman–Crippen LogP) is 2.73. The number of carbonyl (C=O) groups excluding carboxylic acids is 1. The lowest BCUT2D eigenvalue weighted by molar-refractivity contribution is -0.145. The van der Waals surface area contributed by atoms with E-state index >= 15 is 0 Å². The van der Waals surface area contributed by atoms with E-state index in [9.17, 15) is 4.79 Å². The van der Waals surface area contributed by atoms with Crippen molar-refractivity contribution in [3.8, 4) is 0 Å². The number of nitrogens with two attached hydrogens (primary N) is 1. The van der Waals surface area contributed by atoms with Gasteiger partial charge in [-0.2, -0.15) is 0 Å². The molecule has 4 nitrogen and oxygen atoms in total. The Balaban J connectivity index is 2.13. The van der Waals surface area contributed by atoms with Crippen molar-refractivity contribution < 1.29 is 14.3 Å². The molecule has 0 bridgehead atoms. The molecule has 2 rings (SSSR count). The highest BCUT2D eigenvalue weighted by Gasteiger charge is 2.27. The fourth-order valence-electron chi connectivity index (χ4n) is 2.70. The molecule has 1 atom stereocenters. The molecule has 110 valence electrons. The number of hydrogen-bond acceptors (Lipinski definition) is 4. The highest BCUT2D eigenvalue weighted by molar-refractivity contribution is 5.78. The van der Waals surface area contributed by atoms with Gasteiger partial charge in [0.1, 0.15) is 0 Å². The van der Waals surface area contributed by atoms with E-state index in [-0.39, 0.29) is 11.9 Å². The van der Waals surface area contributed by atoms with Crippen LogP contribution in [-0.2, 0) is 14.3 Å². The number of nitrogen functional groups attached to an aromatic ring is 1. The lowest BCUT2D eigenvalue weighted by Gasteiger charge is -2.26. The van der Waals surface area contributed by atoms with E-state index in [2.05, 4.69) is 0 Å². The summed E-state index contributed by atoms with van der Waals surface area (Å²) in [6.07, 6.45) is 2.84. The van der Waals surface area contributed by atoms with E-state index in [1.807, 2.05) is 31.2 Å². The first-order chi connectivity index (χ1) is 9.70. The van der Waals surface area contributed by atoms with Crippen LogP contribution >= 0.6 is 0 Å². The minimum absolute atomic E-state index is 0.149. The molecule has 2 N–H and O–H groups in total. The Morgan fingerprint density at radius 1 is 1.45 bits per heavy atom. The highest BCUT2D eigenvalue weighted by Crippen LogP contribution is 2.31. The zero-order valence-electron chi connectivity index (χ0n) is 12.0. The average Bonchev–Trinajstić information content (AvgIpc) is 2.46. The molecule has 0 aromatic heterocycles. The summed E-state index contributed by atoms with van der Waals surface area (Å²) in [5.74, 6) is 0.144. The Hall–Kier alpha value is -1.55. The second-order valence-electron chi connectivity index (χ2n) is 5.27. The number of carbonyl (C=O) groups is 1. The highest BCUT2D eigenvalue weighted by atomic mass is 16.5. The minimum Gasteiger partial charge on any atom is -0.466 e. The Bertz CT molecular complexity index is 441.